The van der Waals surface area contributed by atoms with Gasteiger partial charge in [0.2, 0.25) is 5.91 Å². The Bertz CT molecular complexity index is 1050. The van der Waals surface area contributed by atoms with Gasteiger partial charge in [0, 0.05) is 19.5 Å². The van der Waals surface area contributed by atoms with E-state index in [-0.39, 0.29) is 24.8 Å². The Morgan fingerprint density at radius 1 is 1.46 bits per heavy atom. The van der Waals surface area contributed by atoms with Crippen LogP contribution in [0.4, 0.5) is 5.13 Å². The standard InChI is InChI=1S/C17H18N6O2S3/c1-3-8-23-14(21-22-17(23)26)13-10(2)19-16(28-13)20-12(24)6-7-18-15(25)11-5-4-9-27-11/h3-5,9H,1,6-8H2,2H3,(H,18,25)(H,22,26)(H,19,20,24). The maximum atomic E-state index is 12.2. The number of aromatic nitrogens is 4. The number of allylic oxidation sites excluding steroid dienone is 1. The van der Waals surface area contributed by atoms with Crippen molar-refractivity contribution < 1.29 is 9.59 Å². The van der Waals surface area contributed by atoms with Crippen molar-refractivity contribution in [3.8, 4) is 10.7 Å². The summed E-state index contributed by atoms with van der Waals surface area (Å²) in [5.74, 6) is 0.251. The van der Waals surface area contributed by atoms with Crippen LogP contribution in [-0.4, -0.2) is 38.1 Å². The lowest BCUT2D eigenvalue weighted by atomic mass is 10.3. The summed E-state index contributed by atoms with van der Waals surface area (Å²) in [7, 11) is 0. The maximum absolute atomic E-state index is 12.2. The summed E-state index contributed by atoms with van der Waals surface area (Å²) < 4.78 is 2.31. The number of anilines is 1. The van der Waals surface area contributed by atoms with E-state index in [1.54, 1.807) is 12.1 Å². The number of aryl methyl sites for hydroxylation is 1. The fourth-order valence-corrected chi connectivity index (χ4v) is 4.24. The predicted octanol–water partition coefficient (Wildman–Crippen LogP) is 3.38. The Morgan fingerprint density at radius 2 is 2.29 bits per heavy atom. The van der Waals surface area contributed by atoms with E-state index >= 15 is 0 Å². The van der Waals surface area contributed by atoms with E-state index in [1.165, 1.54) is 22.7 Å². The van der Waals surface area contributed by atoms with Crippen LogP contribution in [0.5, 0.6) is 0 Å². The Balaban J connectivity index is 1.60. The molecule has 0 aliphatic carbocycles. The van der Waals surface area contributed by atoms with Gasteiger partial charge in [0.15, 0.2) is 15.7 Å². The Labute approximate surface area is 174 Å². The molecule has 0 aliphatic rings. The molecule has 0 radical (unpaired) electrons. The molecule has 3 aromatic rings. The van der Waals surface area contributed by atoms with Crippen molar-refractivity contribution in [1.29, 1.82) is 0 Å². The molecule has 0 aliphatic heterocycles. The Hall–Kier alpha value is -2.63. The third-order valence-corrected chi connectivity index (χ3v) is 5.95. The van der Waals surface area contributed by atoms with Crippen LogP contribution in [0.15, 0.2) is 30.2 Å². The number of thiophene rings is 1. The molecule has 3 heterocycles. The zero-order chi connectivity index (χ0) is 20.1. The number of carbonyl (C=O) groups excluding carboxylic acids is 2. The summed E-state index contributed by atoms with van der Waals surface area (Å²) in [6.45, 7) is 6.34. The summed E-state index contributed by atoms with van der Waals surface area (Å²) >= 11 is 7.91. The normalized spacial score (nSPS) is 10.6. The number of amides is 2. The number of nitrogens with zero attached hydrogens (tertiary/aromatic N) is 3. The zero-order valence-electron chi connectivity index (χ0n) is 15.0. The van der Waals surface area contributed by atoms with Gasteiger partial charge in [-0.2, -0.15) is 5.10 Å². The number of hydrogen-bond donors (Lipinski definition) is 3. The van der Waals surface area contributed by atoms with E-state index in [2.05, 4.69) is 32.4 Å². The fraction of sp³-hybridized carbons (Fsp3) is 0.235. The van der Waals surface area contributed by atoms with E-state index < -0.39 is 0 Å². The average molecular weight is 435 g/mol. The number of rotatable bonds is 8. The minimum atomic E-state index is -0.225. The highest BCUT2D eigenvalue weighted by atomic mass is 32.1. The molecule has 0 fully saturated rings. The first kappa shape index (κ1) is 20.1. The Kier molecular flexibility index (Phi) is 6.49. The van der Waals surface area contributed by atoms with Gasteiger partial charge < -0.3 is 10.6 Å². The second kappa shape index (κ2) is 9.04. The Morgan fingerprint density at radius 3 is 3.00 bits per heavy atom. The van der Waals surface area contributed by atoms with Gasteiger partial charge in [-0.05, 0) is 30.6 Å². The second-order valence-electron chi connectivity index (χ2n) is 5.72. The lowest BCUT2D eigenvalue weighted by Crippen LogP contribution is -2.27. The third kappa shape index (κ3) is 4.61. The maximum Gasteiger partial charge on any atom is 0.261 e. The van der Waals surface area contributed by atoms with Crippen LogP contribution in [0.3, 0.4) is 0 Å². The van der Waals surface area contributed by atoms with Crippen LogP contribution in [0.2, 0.25) is 0 Å². The predicted molar refractivity (Wildman–Crippen MR) is 113 cm³/mol. The van der Waals surface area contributed by atoms with Crippen LogP contribution in [-0.2, 0) is 11.3 Å². The van der Waals surface area contributed by atoms with Crippen LogP contribution < -0.4 is 10.6 Å². The molecule has 8 nitrogen and oxygen atoms in total. The number of nitrogens with one attached hydrogen (secondary N) is 3. The van der Waals surface area contributed by atoms with Gasteiger partial charge in [0.05, 0.1) is 15.4 Å². The van der Waals surface area contributed by atoms with Gasteiger partial charge in [0.25, 0.3) is 5.91 Å². The monoisotopic (exact) mass is 434 g/mol. The number of aromatic amines is 1. The first-order valence-electron chi connectivity index (χ1n) is 8.35. The first-order chi connectivity index (χ1) is 13.5. The van der Waals surface area contributed by atoms with Crippen molar-refractivity contribution in [2.75, 3.05) is 11.9 Å². The van der Waals surface area contributed by atoms with Crippen molar-refractivity contribution in [3.63, 3.8) is 0 Å². The van der Waals surface area contributed by atoms with E-state index in [0.29, 0.717) is 27.1 Å². The minimum Gasteiger partial charge on any atom is -0.351 e. The van der Waals surface area contributed by atoms with Crippen LogP contribution in [0.1, 0.15) is 21.8 Å². The minimum absolute atomic E-state index is 0.153. The van der Waals surface area contributed by atoms with Gasteiger partial charge in [-0.1, -0.05) is 23.5 Å². The highest BCUT2D eigenvalue weighted by molar-refractivity contribution is 7.71. The molecule has 3 N–H and O–H groups in total. The van der Waals surface area contributed by atoms with Crippen LogP contribution in [0.25, 0.3) is 10.7 Å². The molecule has 0 atom stereocenters. The smallest absolute Gasteiger partial charge is 0.261 e. The molecule has 0 saturated heterocycles. The van der Waals surface area contributed by atoms with Crippen molar-refractivity contribution in [3.05, 3.63) is 45.5 Å². The molecule has 11 heteroatoms. The van der Waals surface area contributed by atoms with Gasteiger partial charge in [0.1, 0.15) is 0 Å². The third-order valence-electron chi connectivity index (χ3n) is 3.70. The van der Waals surface area contributed by atoms with Gasteiger partial charge in [-0.3, -0.25) is 19.3 Å². The topological polar surface area (TPSA) is 105 Å². The highest BCUT2D eigenvalue weighted by Gasteiger charge is 2.17. The van der Waals surface area contributed by atoms with E-state index in [4.69, 9.17) is 12.2 Å². The van der Waals surface area contributed by atoms with Crippen molar-refractivity contribution in [2.24, 2.45) is 0 Å². The summed E-state index contributed by atoms with van der Waals surface area (Å²) in [5.41, 5.74) is 0.741. The quantitative estimate of drug-likeness (QED) is 0.372. The number of hydrogen-bond acceptors (Lipinski definition) is 7. The van der Waals surface area contributed by atoms with Gasteiger partial charge in [-0.15, -0.1) is 17.9 Å². The fourth-order valence-electron chi connectivity index (χ4n) is 2.41. The van der Waals surface area contributed by atoms with Gasteiger partial charge >= 0.3 is 0 Å². The van der Waals surface area contributed by atoms with E-state index in [9.17, 15) is 9.59 Å². The number of carbonyl (C=O) groups is 2. The largest absolute Gasteiger partial charge is 0.351 e. The molecule has 0 saturated carbocycles. The van der Waals surface area contributed by atoms with Crippen molar-refractivity contribution in [2.45, 2.75) is 19.9 Å². The molecule has 2 amide bonds. The lowest BCUT2D eigenvalue weighted by molar-refractivity contribution is -0.116. The molecule has 0 bridgehead atoms. The molecular weight excluding hydrogens is 416 g/mol. The first-order valence-corrected chi connectivity index (χ1v) is 10.5. The van der Waals surface area contributed by atoms with E-state index in [0.717, 1.165) is 10.6 Å². The summed E-state index contributed by atoms with van der Waals surface area (Å²) in [4.78, 5) is 29.9. The highest BCUT2D eigenvalue weighted by Crippen LogP contribution is 2.31. The number of thiazole rings is 1. The molecule has 0 unspecified atom stereocenters. The summed E-state index contributed by atoms with van der Waals surface area (Å²) in [5, 5.41) is 14.8. The van der Waals surface area contributed by atoms with Crippen molar-refractivity contribution >= 4 is 51.8 Å². The molecule has 3 rings (SSSR count). The van der Waals surface area contributed by atoms with Crippen molar-refractivity contribution in [1.82, 2.24) is 25.1 Å². The summed E-state index contributed by atoms with van der Waals surface area (Å²) in [6.07, 6.45) is 1.89. The molecular formula is C17H18N6O2S3. The number of H-pyrrole nitrogens is 1. The van der Waals surface area contributed by atoms with Crippen LogP contribution in [0, 0.1) is 11.7 Å². The SMILES string of the molecule is C=CCn1c(-c2sc(NC(=O)CCNC(=O)c3cccs3)nc2C)n[nH]c1=S. The van der Waals surface area contributed by atoms with E-state index in [1.807, 2.05) is 22.9 Å². The molecule has 28 heavy (non-hydrogen) atoms. The van der Waals surface area contributed by atoms with Crippen LogP contribution >= 0.6 is 34.9 Å². The molecule has 3 aromatic heterocycles. The molecule has 0 spiro atoms. The molecule has 0 aromatic carbocycles. The molecule has 146 valence electrons. The zero-order valence-corrected chi connectivity index (χ0v) is 17.5. The second-order valence-corrected chi connectivity index (χ2v) is 8.05. The van der Waals surface area contributed by atoms with Gasteiger partial charge in [-0.25, -0.2) is 4.98 Å². The summed E-state index contributed by atoms with van der Waals surface area (Å²) in [6, 6.07) is 3.55. The average Bonchev–Trinajstić information content (AvgIpc) is 3.37. The lowest BCUT2D eigenvalue weighted by Gasteiger charge is -2.03.